The Labute approximate surface area is 293 Å². The number of halogens is 3. The van der Waals surface area contributed by atoms with Gasteiger partial charge in [0.05, 0.1) is 33.3 Å². The summed E-state index contributed by atoms with van der Waals surface area (Å²) in [5.41, 5.74) is 18.9. The topological polar surface area (TPSA) is 138 Å². The summed E-state index contributed by atoms with van der Waals surface area (Å²) in [5.74, 6) is 0.946. The number of nitrogens with zero attached hydrogens (tertiary/aromatic N) is 8. The maximum Gasteiger partial charge on any atom is 0.236 e. The SMILES string of the molecule is Nc1ccn2c(-c3ccnc4ccccc34)c(-c3ccc(F)cc3)nc2n1.Nc1ccn2c(-c3ccncc3)c(-c3ccc(F)c(Cl)c3)nc2n1. The van der Waals surface area contributed by atoms with E-state index >= 15 is 0 Å². The maximum atomic E-state index is 13.5. The molecule has 0 radical (unpaired) electrons. The maximum absolute atomic E-state index is 13.5. The van der Waals surface area contributed by atoms with Gasteiger partial charge in [-0.15, -0.1) is 0 Å². The Hall–Kier alpha value is -6.79. The Morgan fingerprint density at radius 2 is 1.22 bits per heavy atom. The number of aromatic nitrogens is 8. The van der Waals surface area contributed by atoms with Crippen molar-refractivity contribution < 1.29 is 8.78 Å². The Balaban J connectivity index is 0.000000148. The van der Waals surface area contributed by atoms with Crippen LogP contribution in [0.15, 0.2) is 128 Å². The number of hydrogen-bond donors (Lipinski definition) is 2. The normalized spacial score (nSPS) is 11.2. The van der Waals surface area contributed by atoms with Crippen LogP contribution in [0.3, 0.4) is 0 Å². The quantitative estimate of drug-likeness (QED) is 0.188. The molecule has 0 saturated heterocycles. The first-order valence-corrected chi connectivity index (χ1v) is 16.0. The molecule has 0 unspecified atom stereocenters. The molecule has 0 saturated carbocycles. The molecule has 6 aromatic heterocycles. The highest BCUT2D eigenvalue weighted by molar-refractivity contribution is 6.31. The number of fused-ring (bicyclic) bond motifs is 3. The summed E-state index contributed by atoms with van der Waals surface area (Å²) in [6.07, 6.45) is 8.81. The number of rotatable bonds is 4. The summed E-state index contributed by atoms with van der Waals surface area (Å²) in [5, 5.41) is 1.04. The molecule has 10 nitrogen and oxygen atoms in total. The van der Waals surface area contributed by atoms with Gasteiger partial charge in [-0.3, -0.25) is 18.8 Å². The molecule has 6 heterocycles. The lowest BCUT2D eigenvalue weighted by atomic mass is 10.0. The largest absolute Gasteiger partial charge is 0.384 e. The molecule has 0 fully saturated rings. The van der Waals surface area contributed by atoms with E-state index in [1.807, 2.05) is 57.5 Å². The molecule has 0 spiro atoms. The van der Waals surface area contributed by atoms with Crippen molar-refractivity contribution in [3.8, 4) is 45.0 Å². The van der Waals surface area contributed by atoms with Crippen LogP contribution in [0.5, 0.6) is 0 Å². The lowest BCUT2D eigenvalue weighted by Gasteiger charge is -2.09. The highest BCUT2D eigenvalue weighted by Gasteiger charge is 2.20. The molecule has 0 bridgehead atoms. The third-order valence-corrected chi connectivity index (χ3v) is 8.49. The molecule has 3 aromatic carbocycles. The first-order valence-electron chi connectivity index (χ1n) is 15.6. The molecule has 4 N–H and O–H groups in total. The Bertz CT molecular complexity index is 2710. The number of hydrogen-bond acceptors (Lipinski definition) is 8. The van der Waals surface area contributed by atoms with Gasteiger partial charge in [0.25, 0.3) is 0 Å². The van der Waals surface area contributed by atoms with Crippen LogP contribution in [0.1, 0.15) is 0 Å². The molecule has 248 valence electrons. The fourth-order valence-corrected chi connectivity index (χ4v) is 6.07. The number of pyridine rings is 2. The number of para-hydroxylation sites is 1. The van der Waals surface area contributed by atoms with Crippen molar-refractivity contribution in [2.45, 2.75) is 0 Å². The van der Waals surface area contributed by atoms with Crippen LogP contribution in [0.25, 0.3) is 67.5 Å². The smallest absolute Gasteiger partial charge is 0.236 e. The molecule has 0 amide bonds. The van der Waals surface area contributed by atoms with Crippen molar-refractivity contribution in [3.63, 3.8) is 0 Å². The van der Waals surface area contributed by atoms with Crippen LogP contribution in [0.4, 0.5) is 20.4 Å². The predicted octanol–water partition coefficient (Wildman–Crippen LogP) is 8.17. The van der Waals surface area contributed by atoms with Crippen LogP contribution in [-0.4, -0.2) is 38.7 Å². The second-order valence-corrected chi connectivity index (χ2v) is 11.8. The summed E-state index contributed by atoms with van der Waals surface area (Å²) in [6, 6.07) is 27.8. The van der Waals surface area contributed by atoms with Crippen LogP contribution in [-0.2, 0) is 0 Å². The van der Waals surface area contributed by atoms with E-state index in [-0.39, 0.29) is 10.8 Å². The monoisotopic (exact) mass is 694 g/mol. The van der Waals surface area contributed by atoms with Gasteiger partial charge < -0.3 is 11.5 Å². The molecule has 0 aliphatic carbocycles. The van der Waals surface area contributed by atoms with Crippen molar-refractivity contribution in [1.82, 2.24) is 38.7 Å². The average molecular weight is 695 g/mol. The summed E-state index contributed by atoms with van der Waals surface area (Å²) in [7, 11) is 0. The zero-order chi connectivity index (χ0) is 35.1. The lowest BCUT2D eigenvalue weighted by molar-refractivity contribution is 0.628. The average Bonchev–Trinajstić information content (AvgIpc) is 3.71. The van der Waals surface area contributed by atoms with Crippen LogP contribution in [0, 0.1) is 11.6 Å². The number of nitrogens with two attached hydrogens (primary N) is 2. The number of benzene rings is 3. The highest BCUT2D eigenvalue weighted by atomic mass is 35.5. The van der Waals surface area contributed by atoms with Gasteiger partial charge in [-0.25, -0.2) is 18.7 Å². The first-order chi connectivity index (χ1) is 24.8. The van der Waals surface area contributed by atoms with Gasteiger partial charge in [0.1, 0.15) is 23.3 Å². The van der Waals surface area contributed by atoms with E-state index < -0.39 is 5.82 Å². The van der Waals surface area contributed by atoms with Crippen molar-refractivity contribution >= 4 is 45.7 Å². The molecule has 51 heavy (non-hydrogen) atoms. The number of imidazole rings is 2. The van der Waals surface area contributed by atoms with Gasteiger partial charge in [0.15, 0.2) is 0 Å². The van der Waals surface area contributed by atoms with Crippen LogP contribution >= 0.6 is 11.6 Å². The minimum absolute atomic E-state index is 0.0395. The first kappa shape index (κ1) is 31.5. The van der Waals surface area contributed by atoms with Gasteiger partial charge in [-0.2, -0.15) is 9.97 Å². The van der Waals surface area contributed by atoms with Gasteiger partial charge >= 0.3 is 0 Å². The van der Waals surface area contributed by atoms with Crippen LogP contribution < -0.4 is 11.5 Å². The van der Waals surface area contributed by atoms with E-state index in [0.29, 0.717) is 40.1 Å². The lowest BCUT2D eigenvalue weighted by Crippen LogP contribution is -1.96. The second kappa shape index (κ2) is 12.9. The second-order valence-electron chi connectivity index (χ2n) is 11.4. The van der Waals surface area contributed by atoms with E-state index in [0.717, 1.165) is 39.0 Å². The van der Waals surface area contributed by atoms with E-state index in [1.54, 1.807) is 61.2 Å². The molecule has 9 aromatic rings. The fourth-order valence-electron chi connectivity index (χ4n) is 5.89. The summed E-state index contributed by atoms with van der Waals surface area (Å²) < 4.78 is 30.7. The summed E-state index contributed by atoms with van der Waals surface area (Å²) >= 11 is 5.93. The van der Waals surface area contributed by atoms with Gasteiger partial charge in [0.2, 0.25) is 11.6 Å². The van der Waals surface area contributed by atoms with E-state index in [4.69, 9.17) is 23.1 Å². The van der Waals surface area contributed by atoms with Crippen LogP contribution in [0.2, 0.25) is 5.02 Å². The standard InChI is InChI=1S/C21H14FN5.C17H11ClFN5/c22-14-7-5-13(6-8-14)19-20(27-12-10-18(23)25-21(27)26-19)16-9-11-24-17-4-2-1-3-15(16)17;18-12-9-11(1-2-13(12)19)15-16(10-3-6-21-7-4-10)24-8-5-14(20)22-17(24)23-15/h1-12H,(H2,23,25,26);1-9H,(H2,20,22,23). The number of anilines is 2. The molecular formula is C38H25ClF2N10. The van der Waals surface area contributed by atoms with Gasteiger partial charge in [-0.05, 0) is 78.9 Å². The number of nitrogen functional groups attached to an aromatic ring is 2. The highest BCUT2D eigenvalue weighted by Crippen LogP contribution is 2.37. The molecular weight excluding hydrogens is 670 g/mol. The Morgan fingerprint density at radius 3 is 1.90 bits per heavy atom. The van der Waals surface area contributed by atoms with Crippen molar-refractivity contribution in [2.24, 2.45) is 0 Å². The minimum atomic E-state index is -0.475. The fraction of sp³-hybridized carbons (Fsp3) is 0. The van der Waals surface area contributed by atoms with Crippen molar-refractivity contribution in [1.29, 1.82) is 0 Å². The minimum Gasteiger partial charge on any atom is -0.384 e. The molecule has 0 aliphatic heterocycles. The summed E-state index contributed by atoms with van der Waals surface area (Å²) in [4.78, 5) is 26.3. The third kappa shape index (κ3) is 5.93. The van der Waals surface area contributed by atoms with Gasteiger partial charge in [-0.1, -0.05) is 29.8 Å². The third-order valence-electron chi connectivity index (χ3n) is 8.20. The van der Waals surface area contributed by atoms with E-state index in [2.05, 4.69) is 29.9 Å². The van der Waals surface area contributed by atoms with Crippen molar-refractivity contribution in [2.75, 3.05) is 11.5 Å². The predicted molar refractivity (Wildman–Crippen MR) is 195 cm³/mol. The van der Waals surface area contributed by atoms with E-state index in [9.17, 15) is 8.78 Å². The van der Waals surface area contributed by atoms with Crippen molar-refractivity contribution in [3.05, 3.63) is 145 Å². The Kier molecular flexibility index (Phi) is 7.97. The molecule has 9 rings (SSSR count). The summed E-state index contributed by atoms with van der Waals surface area (Å²) in [6.45, 7) is 0. The van der Waals surface area contributed by atoms with Gasteiger partial charge in [0, 0.05) is 58.6 Å². The zero-order valence-electron chi connectivity index (χ0n) is 26.5. The zero-order valence-corrected chi connectivity index (χ0v) is 27.2. The molecule has 0 aliphatic rings. The molecule has 13 heteroatoms. The Morgan fingerprint density at radius 1 is 0.588 bits per heavy atom. The van der Waals surface area contributed by atoms with E-state index in [1.165, 1.54) is 18.2 Å². The molecule has 0 atom stereocenters.